The number of nitrogens with one attached hydrogen (secondary N) is 1. The van der Waals surface area contributed by atoms with Crippen LogP contribution in [0.15, 0.2) is 54.6 Å². The SMILES string of the molecule is COc1ccc(Cn2c(C)c(CNCCCN(Cc3ccccc3)C(C)C)c(C(=O)O)c2C)cc1. The first-order chi connectivity index (χ1) is 16.8. The molecule has 6 nitrogen and oxygen atoms in total. The van der Waals surface area contributed by atoms with Gasteiger partial charge >= 0.3 is 5.97 Å². The number of carbonyl (C=O) groups is 1. The van der Waals surface area contributed by atoms with Crippen LogP contribution in [0, 0.1) is 13.8 Å². The molecular formula is C29H39N3O3. The smallest absolute Gasteiger partial charge is 0.337 e. The number of ether oxygens (including phenoxy) is 1. The summed E-state index contributed by atoms with van der Waals surface area (Å²) in [6, 6.07) is 18.9. The molecular weight excluding hydrogens is 438 g/mol. The van der Waals surface area contributed by atoms with Crippen LogP contribution >= 0.6 is 0 Å². The van der Waals surface area contributed by atoms with Gasteiger partial charge in [0.25, 0.3) is 0 Å². The zero-order valence-corrected chi connectivity index (χ0v) is 21.7. The molecule has 0 atom stereocenters. The van der Waals surface area contributed by atoms with Crippen molar-refractivity contribution in [3.05, 3.63) is 88.2 Å². The predicted octanol–water partition coefficient (Wildman–Crippen LogP) is 5.25. The Bertz CT molecular complexity index is 1090. The summed E-state index contributed by atoms with van der Waals surface area (Å²) < 4.78 is 7.35. The van der Waals surface area contributed by atoms with E-state index in [2.05, 4.69) is 52.9 Å². The summed E-state index contributed by atoms with van der Waals surface area (Å²) in [7, 11) is 1.65. The average Bonchev–Trinajstić information content (AvgIpc) is 3.08. The zero-order chi connectivity index (χ0) is 25.4. The highest BCUT2D eigenvalue weighted by Crippen LogP contribution is 2.24. The molecule has 0 fully saturated rings. The average molecular weight is 478 g/mol. The lowest BCUT2D eigenvalue weighted by molar-refractivity contribution is 0.0694. The second kappa shape index (κ2) is 12.6. The molecule has 2 aromatic carbocycles. The van der Waals surface area contributed by atoms with Gasteiger partial charge in [-0.25, -0.2) is 4.79 Å². The zero-order valence-electron chi connectivity index (χ0n) is 21.7. The maximum atomic E-state index is 12.1. The summed E-state index contributed by atoms with van der Waals surface area (Å²) in [5.74, 6) is -0.0599. The molecule has 1 aromatic heterocycles. The molecule has 0 aliphatic rings. The molecule has 0 amide bonds. The largest absolute Gasteiger partial charge is 0.497 e. The van der Waals surface area contributed by atoms with E-state index < -0.39 is 5.97 Å². The first-order valence-corrected chi connectivity index (χ1v) is 12.3. The van der Waals surface area contributed by atoms with Crippen molar-refractivity contribution in [3.63, 3.8) is 0 Å². The van der Waals surface area contributed by atoms with Crippen LogP contribution in [0.4, 0.5) is 0 Å². The number of nitrogens with zero attached hydrogens (tertiary/aromatic N) is 2. The number of carboxylic acids is 1. The van der Waals surface area contributed by atoms with E-state index in [0.29, 0.717) is 24.7 Å². The van der Waals surface area contributed by atoms with Crippen molar-refractivity contribution in [3.8, 4) is 5.75 Å². The molecule has 0 unspecified atom stereocenters. The van der Waals surface area contributed by atoms with Crippen molar-refractivity contribution in [2.24, 2.45) is 0 Å². The van der Waals surface area contributed by atoms with E-state index in [1.54, 1.807) is 7.11 Å². The normalized spacial score (nSPS) is 11.4. The molecule has 1 heterocycles. The van der Waals surface area contributed by atoms with Gasteiger partial charge in [-0.15, -0.1) is 0 Å². The quantitative estimate of drug-likeness (QED) is 0.329. The summed E-state index contributed by atoms with van der Waals surface area (Å²) in [6.45, 7) is 12.3. The van der Waals surface area contributed by atoms with Gasteiger partial charge in [0.05, 0.1) is 12.7 Å². The Labute approximate surface area is 209 Å². The minimum absolute atomic E-state index is 0.413. The number of methoxy groups -OCH3 is 1. The fraction of sp³-hybridized carbons (Fsp3) is 0.414. The van der Waals surface area contributed by atoms with E-state index in [9.17, 15) is 9.90 Å². The van der Waals surface area contributed by atoms with Crippen molar-refractivity contribution in [1.82, 2.24) is 14.8 Å². The monoisotopic (exact) mass is 477 g/mol. The lowest BCUT2D eigenvalue weighted by Gasteiger charge is -2.26. The third kappa shape index (κ3) is 6.96. The Hall–Kier alpha value is -3.09. The van der Waals surface area contributed by atoms with Crippen LogP contribution < -0.4 is 10.1 Å². The van der Waals surface area contributed by atoms with Gasteiger partial charge in [0.15, 0.2) is 0 Å². The number of carboxylic acid groups (broad SMARTS) is 1. The summed E-state index contributed by atoms with van der Waals surface area (Å²) in [6.07, 6.45) is 0.998. The maximum absolute atomic E-state index is 12.1. The van der Waals surface area contributed by atoms with E-state index in [1.807, 2.05) is 44.2 Å². The van der Waals surface area contributed by atoms with Gasteiger partial charge in [-0.2, -0.15) is 0 Å². The van der Waals surface area contributed by atoms with Crippen LogP contribution in [0.1, 0.15) is 58.7 Å². The summed E-state index contributed by atoms with van der Waals surface area (Å²) in [4.78, 5) is 14.6. The highest BCUT2D eigenvalue weighted by atomic mass is 16.5. The minimum Gasteiger partial charge on any atom is -0.497 e. The van der Waals surface area contributed by atoms with Crippen LogP contribution in [0.3, 0.4) is 0 Å². The molecule has 3 aromatic rings. The Morgan fingerprint density at radius 3 is 2.31 bits per heavy atom. The maximum Gasteiger partial charge on any atom is 0.337 e. The summed E-state index contributed by atoms with van der Waals surface area (Å²) >= 11 is 0. The Kier molecular flexibility index (Phi) is 9.52. The van der Waals surface area contributed by atoms with Gasteiger partial charge in [-0.1, -0.05) is 42.5 Å². The Morgan fingerprint density at radius 2 is 1.71 bits per heavy atom. The molecule has 35 heavy (non-hydrogen) atoms. The second-order valence-electron chi connectivity index (χ2n) is 9.34. The lowest BCUT2D eigenvalue weighted by Crippen LogP contribution is -2.33. The van der Waals surface area contributed by atoms with Crippen LogP contribution in [-0.2, 0) is 19.6 Å². The van der Waals surface area contributed by atoms with E-state index in [1.165, 1.54) is 5.56 Å². The topological polar surface area (TPSA) is 66.7 Å². The minimum atomic E-state index is -0.871. The number of aromatic nitrogens is 1. The van der Waals surface area contributed by atoms with Gasteiger partial charge in [0.2, 0.25) is 0 Å². The van der Waals surface area contributed by atoms with E-state index >= 15 is 0 Å². The molecule has 0 radical (unpaired) electrons. The molecule has 188 valence electrons. The lowest BCUT2D eigenvalue weighted by atomic mass is 10.1. The van der Waals surface area contributed by atoms with Crippen LogP contribution in [0.2, 0.25) is 0 Å². The third-order valence-electron chi connectivity index (χ3n) is 6.68. The highest BCUT2D eigenvalue weighted by molar-refractivity contribution is 5.91. The van der Waals surface area contributed by atoms with E-state index in [0.717, 1.165) is 54.3 Å². The molecule has 2 N–H and O–H groups in total. The fourth-order valence-corrected chi connectivity index (χ4v) is 4.56. The van der Waals surface area contributed by atoms with Gasteiger partial charge in [0, 0.05) is 42.6 Å². The van der Waals surface area contributed by atoms with Crippen LogP contribution in [0.5, 0.6) is 5.75 Å². The molecule has 0 saturated carbocycles. The molecule has 0 aliphatic heterocycles. The second-order valence-corrected chi connectivity index (χ2v) is 9.34. The van der Waals surface area contributed by atoms with E-state index in [-0.39, 0.29) is 0 Å². The molecule has 6 heteroatoms. The molecule has 0 aliphatic carbocycles. The van der Waals surface area contributed by atoms with Gasteiger partial charge < -0.3 is 19.7 Å². The van der Waals surface area contributed by atoms with Crippen molar-refractivity contribution in [1.29, 1.82) is 0 Å². The molecule has 0 saturated heterocycles. The van der Waals surface area contributed by atoms with Crippen molar-refractivity contribution >= 4 is 5.97 Å². The number of rotatable bonds is 13. The molecule has 3 rings (SSSR count). The Morgan fingerprint density at radius 1 is 1.03 bits per heavy atom. The number of benzene rings is 2. The third-order valence-corrected chi connectivity index (χ3v) is 6.68. The number of aromatic carboxylic acids is 1. The number of hydrogen-bond acceptors (Lipinski definition) is 4. The van der Waals surface area contributed by atoms with E-state index in [4.69, 9.17) is 4.74 Å². The highest BCUT2D eigenvalue weighted by Gasteiger charge is 2.22. The predicted molar refractivity (Wildman–Crippen MR) is 141 cm³/mol. The van der Waals surface area contributed by atoms with Crippen LogP contribution in [-0.4, -0.2) is 46.8 Å². The fourth-order valence-electron chi connectivity index (χ4n) is 4.56. The van der Waals surface area contributed by atoms with Crippen molar-refractivity contribution < 1.29 is 14.6 Å². The Balaban J connectivity index is 1.61. The van der Waals surface area contributed by atoms with Crippen LogP contribution in [0.25, 0.3) is 0 Å². The molecule has 0 bridgehead atoms. The summed E-state index contributed by atoms with van der Waals surface area (Å²) in [5.41, 5.74) is 5.50. The van der Waals surface area contributed by atoms with Crippen molar-refractivity contribution in [2.45, 2.75) is 59.8 Å². The first-order valence-electron chi connectivity index (χ1n) is 12.3. The van der Waals surface area contributed by atoms with Gasteiger partial charge in [0.1, 0.15) is 5.75 Å². The standard InChI is InChI=1S/C29H39N3O3/c1-21(2)31(19-24-10-7-6-8-11-24)17-9-16-30-18-27-22(3)32(23(4)28(27)29(33)34)20-25-12-14-26(35-5)15-13-25/h6-8,10-15,21,30H,9,16-20H2,1-5H3,(H,33,34). The molecule has 0 spiro atoms. The number of hydrogen-bond donors (Lipinski definition) is 2. The van der Waals surface area contributed by atoms with Gasteiger partial charge in [-0.3, -0.25) is 4.90 Å². The van der Waals surface area contributed by atoms with Crippen molar-refractivity contribution in [2.75, 3.05) is 20.2 Å². The first kappa shape index (κ1) is 26.5. The van der Waals surface area contributed by atoms with Gasteiger partial charge in [-0.05, 0) is 70.5 Å². The summed E-state index contributed by atoms with van der Waals surface area (Å²) in [5, 5.41) is 13.4.